The summed E-state index contributed by atoms with van der Waals surface area (Å²) < 4.78 is 5.69. The second-order valence-electron chi connectivity index (χ2n) is 5.64. The van der Waals surface area contributed by atoms with Crippen LogP contribution in [0.5, 0.6) is 0 Å². The van der Waals surface area contributed by atoms with E-state index >= 15 is 0 Å². The second-order valence-corrected chi connectivity index (χ2v) is 5.64. The fraction of sp³-hybridized carbons (Fsp3) is 0.500. The Morgan fingerprint density at radius 2 is 2.42 bits per heavy atom. The summed E-state index contributed by atoms with van der Waals surface area (Å²) in [4.78, 5) is 25.3. The molecule has 1 atom stereocenters. The van der Waals surface area contributed by atoms with Gasteiger partial charge in [-0.3, -0.25) is 4.79 Å². The van der Waals surface area contributed by atoms with Gasteiger partial charge in [-0.2, -0.15) is 0 Å². The predicted octanol–water partition coefficient (Wildman–Crippen LogP) is 0.839. The lowest BCUT2D eigenvalue weighted by atomic mass is 10.2. The van der Waals surface area contributed by atoms with Crippen LogP contribution in [-0.4, -0.2) is 63.4 Å². The Morgan fingerprint density at radius 3 is 3.25 bits per heavy atom. The van der Waals surface area contributed by atoms with Gasteiger partial charge in [0.25, 0.3) is 0 Å². The number of aromatic nitrogens is 4. The quantitative estimate of drug-likeness (QED) is 0.755. The van der Waals surface area contributed by atoms with Gasteiger partial charge in [0.05, 0.1) is 13.2 Å². The Kier molecular flexibility index (Phi) is 5.05. The molecule has 0 saturated carbocycles. The van der Waals surface area contributed by atoms with Crippen molar-refractivity contribution in [2.24, 2.45) is 0 Å². The molecule has 0 spiro atoms. The molecule has 0 radical (unpaired) electrons. The number of carbonyl (C=O) groups excluding carboxylic acids is 1. The molecular formula is C16H21N5O3. The first-order valence-electron chi connectivity index (χ1n) is 8.06. The third kappa shape index (κ3) is 3.53. The zero-order chi connectivity index (χ0) is 16.9. The Labute approximate surface area is 140 Å². The molecule has 1 fully saturated rings. The molecule has 128 valence electrons. The van der Waals surface area contributed by atoms with E-state index in [4.69, 9.17) is 9.57 Å². The average Bonchev–Trinajstić information content (AvgIpc) is 3.03. The number of carbonyl (C=O) groups is 1. The van der Waals surface area contributed by atoms with Crippen molar-refractivity contribution < 1.29 is 14.4 Å². The van der Waals surface area contributed by atoms with E-state index in [2.05, 4.69) is 15.3 Å². The standard InChI is InChI=1S/C16H21N5O3/c1-3-5-12(2)16(22)20-8-9-23-13(10-20)11-24-21-15-14(18-19-21)6-4-7-17-15/h4-7,13H,3,8-11H2,1-2H3. The van der Waals surface area contributed by atoms with Crippen LogP contribution in [0.2, 0.25) is 0 Å². The number of ether oxygens (including phenoxy) is 1. The van der Waals surface area contributed by atoms with Gasteiger partial charge in [0.2, 0.25) is 11.6 Å². The zero-order valence-corrected chi connectivity index (χ0v) is 13.9. The largest absolute Gasteiger partial charge is 0.391 e. The lowest BCUT2D eigenvalue weighted by Crippen LogP contribution is -2.48. The van der Waals surface area contributed by atoms with Gasteiger partial charge < -0.3 is 14.5 Å². The summed E-state index contributed by atoms with van der Waals surface area (Å²) in [5, 5.41) is 7.91. The lowest BCUT2D eigenvalue weighted by Gasteiger charge is -2.32. The summed E-state index contributed by atoms with van der Waals surface area (Å²) in [5.41, 5.74) is 1.99. The van der Waals surface area contributed by atoms with Crippen LogP contribution in [0, 0.1) is 0 Å². The molecule has 3 heterocycles. The summed E-state index contributed by atoms with van der Waals surface area (Å²) in [6.45, 7) is 5.72. The van der Waals surface area contributed by atoms with Crippen LogP contribution >= 0.6 is 0 Å². The molecule has 1 aliphatic heterocycles. The van der Waals surface area contributed by atoms with Crippen LogP contribution in [0.3, 0.4) is 0 Å². The van der Waals surface area contributed by atoms with E-state index < -0.39 is 0 Å². The predicted molar refractivity (Wildman–Crippen MR) is 87.1 cm³/mol. The molecule has 1 unspecified atom stereocenters. The van der Waals surface area contributed by atoms with Gasteiger partial charge in [-0.1, -0.05) is 17.8 Å². The van der Waals surface area contributed by atoms with E-state index in [1.165, 1.54) is 4.85 Å². The van der Waals surface area contributed by atoms with Gasteiger partial charge in [0.1, 0.15) is 18.2 Å². The molecule has 2 aromatic heterocycles. The molecule has 24 heavy (non-hydrogen) atoms. The minimum atomic E-state index is -0.208. The van der Waals surface area contributed by atoms with E-state index in [0.29, 0.717) is 30.9 Å². The Hall–Kier alpha value is -2.48. The maximum atomic E-state index is 12.4. The highest BCUT2D eigenvalue weighted by Crippen LogP contribution is 2.11. The van der Waals surface area contributed by atoms with Crippen LogP contribution < -0.4 is 4.84 Å². The highest BCUT2D eigenvalue weighted by molar-refractivity contribution is 5.92. The summed E-state index contributed by atoms with van der Waals surface area (Å²) in [5.74, 6) is 0.0537. The summed E-state index contributed by atoms with van der Waals surface area (Å²) >= 11 is 0. The fourth-order valence-electron chi connectivity index (χ4n) is 2.63. The van der Waals surface area contributed by atoms with Crippen molar-refractivity contribution in [1.82, 2.24) is 25.0 Å². The van der Waals surface area contributed by atoms with Crippen LogP contribution in [0.25, 0.3) is 11.2 Å². The lowest BCUT2D eigenvalue weighted by molar-refractivity contribution is -0.137. The molecule has 3 rings (SSSR count). The molecule has 0 bridgehead atoms. The van der Waals surface area contributed by atoms with Crippen LogP contribution in [0.1, 0.15) is 20.3 Å². The zero-order valence-electron chi connectivity index (χ0n) is 13.9. The summed E-state index contributed by atoms with van der Waals surface area (Å²) in [7, 11) is 0. The van der Waals surface area contributed by atoms with Crippen molar-refractivity contribution >= 4 is 17.1 Å². The highest BCUT2D eigenvalue weighted by atomic mass is 16.7. The van der Waals surface area contributed by atoms with Crippen molar-refractivity contribution in [1.29, 1.82) is 0 Å². The molecule has 1 amide bonds. The van der Waals surface area contributed by atoms with Gasteiger partial charge in [-0.15, -0.1) is 5.10 Å². The number of nitrogens with zero attached hydrogens (tertiary/aromatic N) is 5. The average molecular weight is 331 g/mol. The van der Waals surface area contributed by atoms with Crippen LogP contribution in [-0.2, 0) is 9.53 Å². The second kappa shape index (κ2) is 7.39. The normalized spacial score (nSPS) is 18.8. The first-order valence-corrected chi connectivity index (χ1v) is 8.06. The van der Waals surface area contributed by atoms with E-state index in [1.807, 2.05) is 26.0 Å². The number of rotatable bonds is 5. The first-order chi connectivity index (χ1) is 11.7. The number of hydrogen-bond donors (Lipinski definition) is 0. The van der Waals surface area contributed by atoms with Crippen molar-refractivity contribution in [3.8, 4) is 0 Å². The maximum Gasteiger partial charge on any atom is 0.249 e. The minimum absolute atomic E-state index is 0.0537. The van der Waals surface area contributed by atoms with Crippen molar-refractivity contribution in [2.75, 3.05) is 26.3 Å². The number of pyridine rings is 1. The molecule has 2 aromatic rings. The number of amides is 1. The topological polar surface area (TPSA) is 82.4 Å². The van der Waals surface area contributed by atoms with E-state index in [9.17, 15) is 4.79 Å². The third-order valence-electron chi connectivity index (χ3n) is 3.84. The summed E-state index contributed by atoms with van der Waals surface area (Å²) in [6, 6.07) is 3.61. The Balaban J connectivity index is 1.59. The first kappa shape index (κ1) is 16.4. The third-order valence-corrected chi connectivity index (χ3v) is 3.84. The molecule has 8 heteroatoms. The van der Waals surface area contributed by atoms with E-state index in [0.717, 1.165) is 12.0 Å². The SMILES string of the molecule is CCC=C(C)C(=O)N1CCOC(COn2nnc3cccnc32)C1. The number of fused-ring (bicyclic) bond motifs is 1. The van der Waals surface area contributed by atoms with E-state index in [-0.39, 0.29) is 18.6 Å². The molecule has 1 saturated heterocycles. The Morgan fingerprint density at radius 1 is 1.54 bits per heavy atom. The van der Waals surface area contributed by atoms with E-state index in [1.54, 1.807) is 17.2 Å². The Bertz CT molecular complexity index is 742. The smallest absolute Gasteiger partial charge is 0.249 e. The van der Waals surface area contributed by atoms with Gasteiger partial charge in [0, 0.05) is 18.3 Å². The summed E-state index contributed by atoms with van der Waals surface area (Å²) in [6.07, 6.45) is 4.24. The van der Waals surface area contributed by atoms with Crippen molar-refractivity contribution in [2.45, 2.75) is 26.4 Å². The van der Waals surface area contributed by atoms with Crippen LogP contribution in [0.15, 0.2) is 30.0 Å². The number of morpholine rings is 1. The van der Waals surface area contributed by atoms with Gasteiger partial charge in [0.15, 0.2) is 0 Å². The van der Waals surface area contributed by atoms with Crippen molar-refractivity contribution in [3.63, 3.8) is 0 Å². The monoisotopic (exact) mass is 331 g/mol. The van der Waals surface area contributed by atoms with Crippen LogP contribution in [0.4, 0.5) is 0 Å². The molecule has 0 aliphatic carbocycles. The molecular weight excluding hydrogens is 310 g/mol. The molecule has 8 nitrogen and oxygen atoms in total. The maximum absolute atomic E-state index is 12.4. The molecule has 0 aromatic carbocycles. The molecule has 0 N–H and O–H groups in total. The fourth-order valence-corrected chi connectivity index (χ4v) is 2.63. The molecule has 1 aliphatic rings. The number of allylic oxidation sites excluding steroid dienone is 1. The van der Waals surface area contributed by atoms with Gasteiger partial charge in [-0.05, 0) is 30.7 Å². The minimum Gasteiger partial charge on any atom is -0.391 e. The number of hydrogen-bond acceptors (Lipinski definition) is 6. The van der Waals surface area contributed by atoms with Gasteiger partial charge in [-0.25, -0.2) is 4.98 Å². The highest BCUT2D eigenvalue weighted by Gasteiger charge is 2.25. The van der Waals surface area contributed by atoms with Crippen molar-refractivity contribution in [3.05, 3.63) is 30.0 Å². The van der Waals surface area contributed by atoms with Gasteiger partial charge >= 0.3 is 0 Å².